The molecule has 0 unspecified atom stereocenters. The molecule has 0 atom stereocenters. The molecule has 2 rings (SSSR count). The van der Waals surface area contributed by atoms with Crippen LogP contribution < -0.4 is 5.32 Å². The fourth-order valence-corrected chi connectivity index (χ4v) is 4.52. The lowest BCUT2D eigenvalue weighted by Gasteiger charge is -2.38. The minimum Gasteiger partial charge on any atom is -0.342 e. The lowest BCUT2D eigenvalue weighted by molar-refractivity contribution is -0.143. The molecule has 3 nitrogen and oxygen atoms in total. The molecule has 2 aliphatic rings. The molecule has 3 heteroatoms. The third kappa shape index (κ3) is 3.44. The maximum Gasteiger partial charge on any atom is 0.228 e. The number of carbonyl (C=O) groups excluding carboxylic acids is 1. The van der Waals surface area contributed by atoms with E-state index in [1.807, 2.05) is 0 Å². The summed E-state index contributed by atoms with van der Waals surface area (Å²) in [6.45, 7) is 13.1. The maximum atomic E-state index is 13.2. The lowest BCUT2D eigenvalue weighted by Crippen LogP contribution is -2.45. The van der Waals surface area contributed by atoms with Gasteiger partial charge in [0.15, 0.2) is 0 Å². The van der Waals surface area contributed by atoms with Gasteiger partial charge in [0.25, 0.3) is 0 Å². The molecule has 122 valence electrons. The normalized spacial score (nSPS) is 22.2. The Hall–Kier alpha value is -0.570. The standard InChI is InChI=1S/C18H34N2O/c1-5-18(6-2,13-15(3)4)16(21)20-12-9-17(14-20)7-10-19-11-8-17/h15,19H,5-14H2,1-4H3. The zero-order valence-electron chi connectivity index (χ0n) is 14.5. The summed E-state index contributed by atoms with van der Waals surface area (Å²) in [7, 11) is 0. The fourth-order valence-electron chi connectivity index (χ4n) is 4.52. The van der Waals surface area contributed by atoms with Crippen LogP contribution in [0.3, 0.4) is 0 Å². The van der Waals surface area contributed by atoms with E-state index in [0.29, 0.717) is 17.2 Å². The average molecular weight is 294 g/mol. The van der Waals surface area contributed by atoms with Gasteiger partial charge < -0.3 is 10.2 Å². The minimum atomic E-state index is -0.118. The predicted octanol–water partition coefficient (Wildman–Crippen LogP) is 3.44. The third-order valence-electron chi connectivity index (χ3n) is 6.00. The molecule has 1 amide bonds. The zero-order chi connectivity index (χ0) is 15.5. The van der Waals surface area contributed by atoms with Gasteiger partial charge in [-0.2, -0.15) is 0 Å². The third-order valence-corrected chi connectivity index (χ3v) is 6.00. The van der Waals surface area contributed by atoms with Crippen molar-refractivity contribution in [2.45, 2.75) is 66.2 Å². The molecule has 0 saturated carbocycles. The van der Waals surface area contributed by atoms with Gasteiger partial charge in [0.1, 0.15) is 0 Å². The van der Waals surface area contributed by atoms with E-state index in [4.69, 9.17) is 0 Å². The molecule has 2 fully saturated rings. The van der Waals surface area contributed by atoms with Crippen molar-refractivity contribution >= 4 is 5.91 Å². The van der Waals surface area contributed by atoms with Crippen LogP contribution in [0.4, 0.5) is 0 Å². The van der Waals surface area contributed by atoms with Gasteiger partial charge >= 0.3 is 0 Å². The van der Waals surface area contributed by atoms with Gasteiger partial charge in [-0.3, -0.25) is 4.79 Å². The van der Waals surface area contributed by atoms with E-state index in [9.17, 15) is 4.79 Å². The molecule has 0 aromatic carbocycles. The van der Waals surface area contributed by atoms with Gasteiger partial charge in [0.05, 0.1) is 0 Å². The number of amides is 1. The van der Waals surface area contributed by atoms with Crippen molar-refractivity contribution < 1.29 is 4.79 Å². The quantitative estimate of drug-likeness (QED) is 0.842. The van der Waals surface area contributed by atoms with Crippen molar-refractivity contribution in [3.8, 4) is 0 Å². The maximum absolute atomic E-state index is 13.2. The van der Waals surface area contributed by atoms with E-state index in [-0.39, 0.29) is 5.41 Å². The Bertz CT molecular complexity index is 354. The largest absolute Gasteiger partial charge is 0.342 e. The molecular formula is C18H34N2O. The van der Waals surface area contributed by atoms with E-state index in [2.05, 4.69) is 37.9 Å². The van der Waals surface area contributed by atoms with Crippen LogP contribution >= 0.6 is 0 Å². The molecule has 2 heterocycles. The fraction of sp³-hybridized carbons (Fsp3) is 0.944. The predicted molar refractivity (Wildman–Crippen MR) is 88.2 cm³/mol. The van der Waals surface area contributed by atoms with Gasteiger partial charge in [-0.05, 0) is 62.9 Å². The smallest absolute Gasteiger partial charge is 0.228 e. The van der Waals surface area contributed by atoms with Crippen LogP contribution in [0.5, 0.6) is 0 Å². The summed E-state index contributed by atoms with van der Waals surface area (Å²) in [5.74, 6) is 1.03. The molecule has 21 heavy (non-hydrogen) atoms. The molecule has 2 saturated heterocycles. The monoisotopic (exact) mass is 294 g/mol. The molecule has 0 aromatic heterocycles. The van der Waals surface area contributed by atoms with Gasteiger partial charge in [-0.15, -0.1) is 0 Å². The van der Waals surface area contributed by atoms with Crippen molar-refractivity contribution in [2.75, 3.05) is 26.2 Å². The Balaban J connectivity index is 2.08. The van der Waals surface area contributed by atoms with E-state index in [0.717, 1.165) is 45.4 Å². The first kappa shape index (κ1) is 16.8. The van der Waals surface area contributed by atoms with E-state index in [1.165, 1.54) is 19.3 Å². The number of nitrogens with zero attached hydrogens (tertiary/aromatic N) is 1. The number of likely N-dealkylation sites (tertiary alicyclic amines) is 1. The first-order valence-corrected chi connectivity index (χ1v) is 8.97. The van der Waals surface area contributed by atoms with Crippen LogP contribution in [-0.2, 0) is 4.79 Å². The zero-order valence-corrected chi connectivity index (χ0v) is 14.5. The van der Waals surface area contributed by atoms with Crippen LogP contribution in [0, 0.1) is 16.7 Å². The Morgan fingerprint density at radius 3 is 2.33 bits per heavy atom. The molecule has 1 N–H and O–H groups in total. The van der Waals surface area contributed by atoms with Crippen molar-refractivity contribution in [1.29, 1.82) is 0 Å². The molecule has 1 spiro atoms. The van der Waals surface area contributed by atoms with Gasteiger partial charge in [0, 0.05) is 18.5 Å². The number of hydrogen-bond donors (Lipinski definition) is 1. The lowest BCUT2D eigenvalue weighted by atomic mass is 9.74. The van der Waals surface area contributed by atoms with Crippen LogP contribution in [0.15, 0.2) is 0 Å². The van der Waals surface area contributed by atoms with E-state index in [1.54, 1.807) is 0 Å². The molecule has 0 aliphatic carbocycles. The first-order chi connectivity index (χ1) is 9.97. The van der Waals surface area contributed by atoms with E-state index >= 15 is 0 Å². The average Bonchev–Trinajstić information content (AvgIpc) is 2.88. The molecule has 0 radical (unpaired) electrons. The number of rotatable bonds is 5. The Morgan fingerprint density at radius 2 is 1.81 bits per heavy atom. The van der Waals surface area contributed by atoms with Gasteiger partial charge in [-0.1, -0.05) is 27.7 Å². The SMILES string of the molecule is CCC(CC)(CC(C)C)C(=O)N1CCC2(CCNCC2)C1. The summed E-state index contributed by atoms with van der Waals surface area (Å²) < 4.78 is 0. The molecule has 0 bridgehead atoms. The molecule has 0 aromatic rings. The first-order valence-electron chi connectivity index (χ1n) is 8.97. The highest BCUT2D eigenvalue weighted by Crippen LogP contribution is 2.42. The number of piperidine rings is 1. The van der Waals surface area contributed by atoms with Crippen LogP contribution in [-0.4, -0.2) is 37.0 Å². The molecular weight excluding hydrogens is 260 g/mol. The highest BCUT2D eigenvalue weighted by atomic mass is 16.2. The van der Waals surface area contributed by atoms with E-state index < -0.39 is 0 Å². The van der Waals surface area contributed by atoms with Gasteiger partial charge in [0.2, 0.25) is 5.91 Å². The second-order valence-electron chi connectivity index (χ2n) is 7.81. The van der Waals surface area contributed by atoms with Crippen LogP contribution in [0.25, 0.3) is 0 Å². The highest BCUT2D eigenvalue weighted by molar-refractivity contribution is 5.83. The van der Waals surface area contributed by atoms with Gasteiger partial charge in [-0.25, -0.2) is 0 Å². The Kier molecular flexibility index (Phi) is 5.34. The van der Waals surface area contributed by atoms with Crippen molar-refractivity contribution in [3.05, 3.63) is 0 Å². The number of nitrogens with one attached hydrogen (secondary N) is 1. The minimum absolute atomic E-state index is 0.118. The van der Waals surface area contributed by atoms with Crippen molar-refractivity contribution in [3.63, 3.8) is 0 Å². The summed E-state index contributed by atoms with van der Waals surface area (Å²) in [5.41, 5.74) is 0.304. The Labute approximate surface area is 130 Å². The summed E-state index contributed by atoms with van der Waals surface area (Å²) in [5, 5.41) is 3.46. The number of hydrogen-bond acceptors (Lipinski definition) is 2. The van der Waals surface area contributed by atoms with Crippen molar-refractivity contribution in [2.24, 2.45) is 16.7 Å². The second-order valence-corrected chi connectivity index (χ2v) is 7.81. The summed E-state index contributed by atoms with van der Waals surface area (Å²) in [6, 6.07) is 0. The number of carbonyl (C=O) groups is 1. The van der Waals surface area contributed by atoms with Crippen molar-refractivity contribution in [1.82, 2.24) is 10.2 Å². The Morgan fingerprint density at radius 1 is 1.19 bits per heavy atom. The highest BCUT2D eigenvalue weighted by Gasteiger charge is 2.45. The summed E-state index contributed by atoms with van der Waals surface area (Å²) >= 11 is 0. The molecule has 2 aliphatic heterocycles. The van der Waals surface area contributed by atoms with Crippen LogP contribution in [0.2, 0.25) is 0 Å². The summed E-state index contributed by atoms with van der Waals surface area (Å²) in [6.07, 6.45) is 6.69. The van der Waals surface area contributed by atoms with Crippen LogP contribution in [0.1, 0.15) is 66.2 Å². The summed E-state index contributed by atoms with van der Waals surface area (Å²) in [4.78, 5) is 15.4. The topological polar surface area (TPSA) is 32.3 Å². The second kappa shape index (κ2) is 6.68.